The van der Waals surface area contributed by atoms with E-state index in [4.69, 9.17) is 9.47 Å². The fraction of sp³-hybridized carbons (Fsp3) is 0.450. The number of amides is 1. The maximum atomic E-state index is 13.0. The largest absolute Gasteiger partial charge is 0.380 e. The molecule has 1 saturated heterocycles. The van der Waals surface area contributed by atoms with Crippen molar-refractivity contribution in [2.75, 3.05) is 26.9 Å². The highest BCUT2D eigenvalue weighted by atomic mass is 16.5. The number of carbonyl (C=O) groups excluding carboxylic acids is 1. The Morgan fingerprint density at radius 1 is 1.35 bits per heavy atom. The number of ether oxygens (including phenoxy) is 2. The average Bonchev–Trinajstić information content (AvgIpc) is 2.67. The van der Waals surface area contributed by atoms with Gasteiger partial charge in [-0.25, -0.2) is 0 Å². The van der Waals surface area contributed by atoms with Gasteiger partial charge in [-0.05, 0) is 37.5 Å². The zero-order valence-corrected chi connectivity index (χ0v) is 15.4. The van der Waals surface area contributed by atoms with Crippen LogP contribution in [0.4, 0.5) is 0 Å². The van der Waals surface area contributed by atoms with Crippen LogP contribution >= 0.6 is 0 Å². The second-order valence-corrected chi connectivity index (χ2v) is 6.49. The number of hydrogen-bond acceptors (Lipinski definition) is 5. The summed E-state index contributed by atoms with van der Waals surface area (Å²) >= 11 is 0. The van der Waals surface area contributed by atoms with E-state index in [-0.39, 0.29) is 11.9 Å². The maximum Gasteiger partial charge on any atom is 0.254 e. The van der Waals surface area contributed by atoms with Crippen LogP contribution in [0.3, 0.4) is 0 Å². The van der Waals surface area contributed by atoms with Crippen LogP contribution in [-0.4, -0.2) is 53.7 Å². The Kier molecular flexibility index (Phi) is 6.30. The van der Waals surface area contributed by atoms with Crippen LogP contribution in [0.15, 0.2) is 36.7 Å². The van der Waals surface area contributed by atoms with E-state index in [0.717, 1.165) is 29.8 Å². The molecule has 2 heterocycles. The Balaban J connectivity index is 1.71. The van der Waals surface area contributed by atoms with E-state index in [2.05, 4.69) is 9.97 Å². The fourth-order valence-electron chi connectivity index (χ4n) is 3.27. The predicted molar refractivity (Wildman–Crippen MR) is 97.9 cm³/mol. The molecule has 1 aromatic heterocycles. The minimum Gasteiger partial charge on any atom is -0.380 e. The van der Waals surface area contributed by atoms with Gasteiger partial charge in [0.15, 0.2) is 0 Å². The lowest BCUT2D eigenvalue weighted by molar-refractivity contribution is -0.00415. The quantitative estimate of drug-likeness (QED) is 0.796. The summed E-state index contributed by atoms with van der Waals surface area (Å²) in [5.74, 6) is 0.0483. The minimum atomic E-state index is 0.0451. The number of morpholine rings is 1. The summed E-state index contributed by atoms with van der Waals surface area (Å²) in [4.78, 5) is 23.7. The maximum absolute atomic E-state index is 13.0. The Morgan fingerprint density at radius 2 is 2.19 bits per heavy atom. The summed E-state index contributed by atoms with van der Waals surface area (Å²) in [5, 5.41) is 0. The summed E-state index contributed by atoms with van der Waals surface area (Å²) in [5.41, 5.74) is 3.61. The first-order valence-corrected chi connectivity index (χ1v) is 8.92. The van der Waals surface area contributed by atoms with Crippen molar-refractivity contribution in [3.05, 3.63) is 59.2 Å². The SMILES string of the molecule is COCc1cccc(C(=O)N2CCOC[C@H]2CCc2nccnc2C)c1. The van der Waals surface area contributed by atoms with Gasteiger partial charge in [0.1, 0.15) is 0 Å². The molecule has 2 aromatic rings. The van der Waals surface area contributed by atoms with E-state index in [1.54, 1.807) is 19.5 Å². The topological polar surface area (TPSA) is 64.5 Å². The van der Waals surface area contributed by atoms with Crippen LogP contribution in [0.25, 0.3) is 0 Å². The van der Waals surface area contributed by atoms with Crippen molar-refractivity contribution in [1.29, 1.82) is 0 Å². The van der Waals surface area contributed by atoms with Crippen molar-refractivity contribution in [3.63, 3.8) is 0 Å². The van der Waals surface area contributed by atoms with Gasteiger partial charge in [0.05, 0.1) is 37.3 Å². The molecular weight excluding hydrogens is 330 g/mol. The van der Waals surface area contributed by atoms with Gasteiger partial charge >= 0.3 is 0 Å². The highest BCUT2D eigenvalue weighted by Gasteiger charge is 2.28. The van der Waals surface area contributed by atoms with Crippen LogP contribution in [0.2, 0.25) is 0 Å². The van der Waals surface area contributed by atoms with E-state index < -0.39 is 0 Å². The third-order valence-corrected chi connectivity index (χ3v) is 4.67. The van der Waals surface area contributed by atoms with Gasteiger partial charge in [-0.15, -0.1) is 0 Å². The van der Waals surface area contributed by atoms with Gasteiger partial charge in [-0.3, -0.25) is 14.8 Å². The van der Waals surface area contributed by atoms with Crippen molar-refractivity contribution in [2.45, 2.75) is 32.4 Å². The van der Waals surface area contributed by atoms with Gasteiger partial charge < -0.3 is 14.4 Å². The molecule has 0 bridgehead atoms. The van der Waals surface area contributed by atoms with Crippen molar-refractivity contribution >= 4 is 5.91 Å². The molecule has 0 unspecified atom stereocenters. The number of aryl methyl sites for hydroxylation is 2. The molecule has 1 aliphatic rings. The molecule has 0 aliphatic carbocycles. The van der Waals surface area contributed by atoms with Crippen molar-refractivity contribution in [2.24, 2.45) is 0 Å². The highest BCUT2D eigenvalue weighted by molar-refractivity contribution is 5.94. The Morgan fingerprint density at radius 3 is 3.00 bits per heavy atom. The van der Waals surface area contributed by atoms with Crippen molar-refractivity contribution in [3.8, 4) is 0 Å². The molecule has 1 aliphatic heterocycles. The number of carbonyl (C=O) groups is 1. The zero-order chi connectivity index (χ0) is 18.4. The molecule has 1 amide bonds. The lowest BCUT2D eigenvalue weighted by atomic mass is 10.0. The summed E-state index contributed by atoms with van der Waals surface area (Å²) in [6.45, 7) is 4.20. The smallest absolute Gasteiger partial charge is 0.254 e. The molecular formula is C20H25N3O3. The van der Waals surface area contributed by atoms with E-state index in [9.17, 15) is 4.79 Å². The van der Waals surface area contributed by atoms with E-state index in [0.29, 0.717) is 31.9 Å². The highest BCUT2D eigenvalue weighted by Crippen LogP contribution is 2.18. The fourth-order valence-corrected chi connectivity index (χ4v) is 3.27. The predicted octanol–water partition coefficient (Wildman–Crippen LogP) is 2.41. The number of benzene rings is 1. The second kappa shape index (κ2) is 8.87. The molecule has 0 saturated carbocycles. The lowest BCUT2D eigenvalue weighted by Crippen LogP contribution is -2.49. The zero-order valence-electron chi connectivity index (χ0n) is 15.4. The van der Waals surface area contributed by atoms with Crippen LogP contribution in [0.5, 0.6) is 0 Å². The van der Waals surface area contributed by atoms with Gasteiger partial charge in [0, 0.05) is 31.6 Å². The van der Waals surface area contributed by atoms with Crippen LogP contribution in [-0.2, 0) is 22.5 Å². The lowest BCUT2D eigenvalue weighted by Gasteiger charge is -2.36. The molecule has 26 heavy (non-hydrogen) atoms. The number of nitrogens with zero attached hydrogens (tertiary/aromatic N) is 3. The van der Waals surface area contributed by atoms with E-state index >= 15 is 0 Å². The minimum absolute atomic E-state index is 0.0451. The molecule has 0 N–H and O–H groups in total. The normalized spacial score (nSPS) is 17.3. The standard InChI is InChI=1S/C20H25N3O3/c1-15-19(22-9-8-21-15)7-6-18-14-26-11-10-23(18)20(24)17-5-3-4-16(12-17)13-25-2/h3-5,8-9,12,18H,6-7,10-11,13-14H2,1-2H3/t18-/m1/s1. The molecule has 1 aromatic carbocycles. The van der Waals surface area contributed by atoms with Gasteiger partial charge in [0.2, 0.25) is 0 Å². The van der Waals surface area contributed by atoms with Crippen molar-refractivity contribution < 1.29 is 14.3 Å². The molecule has 0 spiro atoms. The van der Waals surface area contributed by atoms with Crippen LogP contribution < -0.4 is 0 Å². The molecule has 1 atom stereocenters. The van der Waals surface area contributed by atoms with E-state index in [1.165, 1.54) is 0 Å². The molecule has 138 valence electrons. The summed E-state index contributed by atoms with van der Waals surface area (Å²) in [6, 6.07) is 7.68. The summed E-state index contributed by atoms with van der Waals surface area (Å²) in [7, 11) is 1.65. The number of hydrogen-bond donors (Lipinski definition) is 0. The first-order valence-electron chi connectivity index (χ1n) is 8.92. The van der Waals surface area contributed by atoms with Crippen LogP contribution in [0, 0.1) is 6.92 Å². The Hall–Kier alpha value is -2.31. The molecule has 6 nitrogen and oxygen atoms in total. The summed E-state index contributed by atoms with van der Waals surface area (Å²) < 4.78 is 10.8. The van der Waals surface area contributed by atoms with Gasteiger partial charge in [0.25, 0.3) is 5.91 Å². The monoisotopic (exact) mass is 355 g/mol. The Labute approximate surface area is 154 Å². The van der Waals surface area contributed by atoms with Gasteiger partial charge in [-0.2, -0.15) is 0 Å². The molecule has 3 rings (SSSR count). The number of aromatic nitrogens is 2. The molecule has 0 radical (unpaired) electrons. The second-order valence-electron chi connectivity index (χ2n) is 6.49. The summed E-state index contributed by atoms with van der Waals surface area (Å²) in [6.07, 6.45) is 5.00. The first-order chi connectivity index (χ1) is 12.7. The van der Waals surface area contributed by atoms with Crippen molar-refractivity contribution in [1.82, 2.24) is 14.9 Å². The van der Waals surface area contributed by atoms with E-state index in [1.807, 2.05) is 36.1 Å². The van der Waals surface area contributed by atoms with Crippen LogP contribution in [0.1, 0.15) is 33.7 Å². The Bertz CT molecular complexity index is 751. The number of rotatable bonds is 6. The van der Waals surface area contributed by atoms with Gasteiger partial charge in [-0.1, -0.05) is 12.1 Å². The third kappa shape index (κ3) is 4.45. The third-order valence-electron chi connectivity index (χ3n) is 4.67. The number of methoxy groups -OCH3 is 1. The average molecular weight is 355 g/mol. The first kappa shape index (κ1) is 18.5. The molecule has 1 fully saturated rings. The molecule has 6 heteroatoms.